The average molecular weight is 320 g/mol. The number of rotatable bonds is 5. The smallest absolute Gasteiger partial charge is 0.259 e. The van der Waals surface area contributed by atoms with Crippen LogP contribution in [0.25, 0.3) is 0 Å². The van der Waals surface area contributed by atoms with Gasteiger partial charge >= 0.3 is 0 Å². The molecule has 0 aromatic heterocycles. The van der Waals surface area contributed by atoms with Crippen molar-refractivity contribution in [3.05, 3.63) is 64.9 Å². The third-order valence-corrected chi connectivity index (χ3v) is 3.21. The molecular weight excluding hydrogens is 305 g/mol. The van der Waals surface area contributed by atoms with Crippen LogP contribution in [-0.4, -0.2) is 18.2 Å². The maximum atomic E-state index is 13.0. The van der Waals surface area contributed by atoms with Crippen molar-refractivity contribution in [3.8, 4) is 0 Å². The lowest BCUT2D eigenvalue weighted by molar-refractivity contribution is -0.119. The molecular formula is C16H15ClFN3O. The molecule has 0 aliphatic heterocycles. The van der Waals surface area contributed by atoms with Gasteiger partial charge in [-0.25, -0.2) is 9.82 Å². The van der Waals surface area contributed by atoms with Crippen molar-refractivity contribution in [2.45, 2.75) is 6.92 Å². The van der Waals surface area contributed by atoms with Crippen molar-refractivity contribution in [1.82, 2.24) is 5.43 Å². The predicted octanol–water partition coefficient (Wildman–Crippen LogP) is 3.43. The molecule has 0 aliphatic carbocycles. The minimum Gasteiger partial charge on any atom is -0.376 e. The third-order valence-electron chi connectivity index (χ3n) is 2.90. The lowest BCUT2D eigenvalue weighted by Crippen LogP contribution is -2.26. The monoisotopic (exact) mass is 319 g/mol. The fourth-order valence-corrected chi connectivity index (χ4v) is 2.07. The number of hydrogen-bond donors (Lipinski definition) is 2. The van der Waals surface area contributed by atoms with Crippen molar-refractivity contribution in [1.29, 1.82) is 0 Å². The van der Waals surface area contributed by atoms with Gasteiger partial charge in [-0.05, 0) is 37.3 Å². The number of anilines is 1. The van der Waals surface area contributed by atoms with E-state index in [-0.39, 0.29) is 17.5 Å². The van der Waals surface area contributed by atoms with Gasteiger partial charge in [-0.15, -0.1) is 0 Å². The first-order valence-electron chi connectivity index (χ1n) is 6.64. The van der Waals surface area contributed by atoms with E-state index in [1.807, 2.05) is 30.3 Å². The summed E-state index contributed by atoms with van der Waals surface area (Å²) in [6.07, 6.45) is 0. The first-order valence-corrected chi connectivity index (χ1v) is 7.01. The molecule has 1 amide bonds. The van der Waals surface area contributed by atoms with Crippen LogP contribution in [-0.2, 0) is 4.79 Å². The molecule has 2 N–H and O–H groups in total. The molecule has 0 unspecified atom stereocenters. The van der Waals surface area contributed by atoms with Crippen molar-refractivity contribution >= 4 is 28.9 Å². The maximum Gasteiger partial charge on any atom is 0.259 e. The normalized spacial score (nSPS) is 11.1. The number of carbonyl (C=O) groups excluding carboxylic acids is 1. The van der Waals surface area contributed by atoms with E-state index < -0.39 is 5.82 Å². The van der Waals surface area contributed by atoms with Gasteiger partial charge in [0.25, 0.3) is 5.91 Å². The summed E-state index contributed by atoms with van der Waals surface area (Å²) in [6, 6.07) is 13.4. The molecule has 0 saturated heterocycles. The second-order valence-corrected chi connectivity index (χ2v) is 4.98. The topological polar surface area (TPSA) is 53.5 Å². The summed E-state index contributed by atoms with van der Waals surface area (Å²) in [7, 11) is 0. The highest BCUT2D eigenvalue weighted by atomic mass is 35.5. The fraction of sp³-hybridized carbons (Fsp3) is 0.125. The SMILES string of the molecule is C/C(=N/NC(=O)CNc1ccccc1)c1ccc(F)cc1Cl. The first-order chi connectivity index (χ1) is 10.6. The Morgan fingerprint density at radius 1 is 1.23 bits per heavy atom. The van der Waals surface area contributed by atoms with Gasteiger partial charge in [-0.2, -0.15) is 5.10 Å². The molecule has 0 heterocycles. The Morgan fingerprint density at radius 3 is 2.64 bits per heavy atom. The highest BCUT2D eigenvalue weighted by molar-refractivity contribution is 6.34. The van der Waals surface area contributed by atoms with Crippen LogP contribution in [0, 0.1) is 5.82 Å². The molecule has 114 valence electrons. The predicted molar refractivity (Wildman–Crippen MR) is 86.7 cm³/mol. The molecule has 0 fully saturated rings. The van der Waals surface area contributed by atoms with E-state index in [1.54, 1.807) is 6.92 Å². The minimum atomic E-state index is -0.419. The molecule has 0 spiro atoms. The van der Waals surface area contributed by atoms with Gasteiger partial charge in [-0.3, -0.25) is 4.79 Å². The molecule has 4 nitrogen and oxygen atoms in total. The molecule has 2 rings (SSSR count). The number of hydrazone groups is 1. The first kappa shape index (κ1) is 16.0. The molecule has 2 aromatic rings. The molecule has 0 bridgehead atoms. The molecule has 22 heavy (non-hydrogen) atoms. The highest BCUT2D eigenvalue weighted by Crippen LogP contribution is 2.17. The Bertz CT molecular complexity index is 689. The van der Waals surface area contributed by atoms with Crippen molar-refractivity contribution < 1.29 is 9.18 Å². The minimum absolute atomic E-state index is 0.0952. The molecule has 6 heteroatoms. The molecule has 0 saturated carbocycles. The number of benzene rings is 2. The largest absolute Gasteiger partial charge is 0.376 e. The Balaban J connectivity index is 1.91. The molecule has 2 aromatic carbocycles. The van der Waals surface area contributed by atoms with E-state index in [9.17, 15) is 9.18 Å². The Morgan fingerprint density at radius 2 is 1.95 bits per heavy atom. The summed E-state index contributed by atoms with van der Waals surface area (Å²) in [5, 5.41) is 7.19. The van der Waals surface area contributed by atoms with Gasteiger partial charge < -0.3 is 5.32 Å². The van der Waals surface area contributed by atoms with E-state index in [4.69, 9.17) is 11.6 Å². The van der Waals surface area contributed by atoms with Crippen LogP contribution in [0.3, 0.4) is 0 Å². The number of amides is 1. The Kier molecular flexibility index (Phi) is 5.49. The molecule has 0 aliphatic rings. The number of para-hydroxylation sites is 1. The third kappa shape index (κ3) is 4.56. The number of nitrogens with zero attached hydrogens (tertiary/aromatic N) is 1. The zero-order chi connectivity index (χ0) is 15.9. The quantitative estimate of drug-likeness (QED) is 0.655. The molecule has 0 atom stereocenters. The van der Waals surface area contributed by atoms with Gasteiger partial charge in [0, 0.05) is 11.3 Å². The number of hydrogen-bond acceptors (Lipinski definition) is 3. The Labute approximate surface area is 133 Å². The summed E-state index contributed by atoms with van der Waals surface area (Å²) >= 11 is 5.94. The lowest BCUT2D eigenvalue weighted by atomic mass is 10.1. The van der Waals surface area contributed by atoms with Crippen LogP contribution < -0.4 is 10.7 Å². The van der Waals surface area contributed by atoms with E-state index >= 15 is 0 Å². The van der Waals surface area contributed by atoms with Crippen LogP contribution in [0.4, 0.5) is 10.1 Å². The number of halogens is 2. The van der Waals surface area contributed by atoms with Crippen LogP contribution in [0.5, 0.6) is 0 Å². The zero-order valence-corrected chi connectivity index (χ0v) is 12.7. The van der Waals surface area contributed by atoms with Crippen molar-refractivity contribution in [2.24, 2.45) is 5.10 Å². The van der Waals surface area contributed by atoms with Crippen LogP contribution in [0.15, 0.2) is 53.6 Å². The summed E-state index contributed by atoms with van der Waals surface area (Å²) < 4.78 is 13.0. The van der Waals surface area contributed by atoms with Crippen LogP contribution in [0.2, 0.25) is 5.02 Å². The summed E-state index contributed by atoms with van der Waals surface area (Å²) in [5.41, 5.74) is 4.34. The zero-order valence-electron chi connectivity index (χ0n) is 11.9. The summed E-state index contributed by atoms with van der Waals surface area (Å²) in [6.45, 7) is 1.78. The van der Waals surface area contributed by atoms with Gasteiger partial charge in [0.05, 0.1) is 17.3 Å². The number of nitrogens with one attached hydrogen (secondary N) is 2. The van der Waals surface area contributed by atoms with Gasteiger partial charge in [0.2, 0.25) is 0 Å². The van der Waals surface area contributed by atoms with Crippen molar-refractivity contribution in [3.63, 3.8) is 0 Å². The second kappa shape index (κ2) is 7.56. The molecule has 0 radical (unpaired) electrons. The van der Waals surface area contributed by atoms with Crippen molar-refractivity contribution in [2.75, 3.05) is 11.9 Å². The number of carbonyl (C=O) groups is 1. The standard InChI is InChI=1S/C16H15ClFN3O/c1-11(14-8-7-12(18)9-15(14)17)20-21-16(22)10-19-13-5-3-2-4-6-13/h2-9,19H,10H2,1H3,(H,21,22)/b20-11-. The van der Waals surface area contributed by atoms with Crippen LogP contribution in [0.1, 0.15) is 12.5 Å². The lowest BCUT2D eigenvalue weighted by Gasteiger charge is -2.06. The van der Waals surface area contributed by atoms with E-state index in [0.717, 1.165) is 5.69 Å². The van der Waals surface area contributed by atoms with Crippen LogP contribution >= 0.6 is 11.6 Å². The van der Waals surface area contributed by atoms with Gasteiger partial charge in [0.1, 0.15) is 5.82 Å². The average Bonchev–Trinajstić information content (AvgIpc) is 2.51. The Hall–Kier alpha value is -2.40. The fourth-order valence-electron chi connectivity index (χ4n) is 1.77. The van der Waals surface area contributed by atoms with E-state index in [0.29, 0.717) is 11.3 Å². The van der Waals surface area contributed by atoms with E-state index in [2.05, 4.69) is 15.8 Å². The second-order valence-electron chi connectivity index (χ2n) is 4.58. The van der Waals surface area contributed by atoms with Gasteiger partial charge in [0.15, 0.2) is 0 Å². The summed E-state index contributed by atoms with van der Waals surface area (Å²) in [4.78, 5) is 11.7. The maximum absolute atomic E-state index is 13.0. The van der Waals surface area contributed by atoms with Gasteiger partial charge in [-0.1, -0.05) is 29.8 Å². The van der Waals surface area contributed by atoms with E-state index in [1.165, 1.54) is 18.2 Å². The summed E-state index contributed by atoms with van der Waals surface area (Å²) in [5.74, 6) is -0.709. The highest BCUT2D eigenvalue weighted by Gasteiger charge is 2.06.